The highest BCUT2D eigenvalue weighted by Gasteiger charge is 2.56. The first-order chi connectivity index (χ1) is 12.9. The van der Waals surface area contributed by atoms with Gasteiger partial charge in [-0.3, -0.25) is 0 Å². The van der Waals surface area contributed by atoms with Crippen LogP contribution in [-0.2, 0) is 19.0 Å². The van der Waals surface area contributed by atoms with Crippen LogP contribution in [0.4, 0.5) is 0 Å². The Bertz CT molecular complexity index is 830. The fraction of sp³-hybridized carbons (Fsp3) is 0.250. The summed E-state index contributed by atoms with van der Waals surface area (Å²) in [5.41, 5.74) is -1.46. The largest absolute Gasteiger partial charge is 0.458 e. The molecule has 2 aromatic rings. The third kappa shape index (κ3) is 3.98. The van der Waals surface area contributed by atoms with Gasteiger partial charge >= 0.3 is 17.9 Å². The minimum Gasteiger partial charge on any atom is -0.458 e. The maximum atomic E-state index is 12.3. The average Bonchev–Trinajstić information content (AvgIpc) is 2.90. The molecule has 3 atom stereocenters. The molecule has 1 N–H and O–H groups in total. The van der Waals surface area contributed by atoms with Gasteiger partial charge in [-0.05, 0) is 31.2 Å². The van der Waals surface area contributed by atoms with Crippen LogP contribution < -0.4 is 0 Å². The molecule has 1 aliphatic rings. The van der Waals surface area contributed by atoms with Gasteiger partial charge in [0, 0.05) is 0 Å². The minimum absolute atomic E-state index is 0.257. The van der Waals surface area contributed by atoms with Crippen molar-refractivity contribution >= 4 is 17.9 Å². The number of cyclic esters (lactones) is 1. The number of carbonyl (C=O) groups is 3. The van der Waals surface area contributed by atoms with Crippen LogP contribution in [0.25, 0.3) is 0 Å². The Hall–Kier alpha value is -3.19. The molecule has 1 heterocycles. The van der Waals surface area contributed by atoms with E-state index in [-0.39, 0.29) is 12.2 Å². The van der Waals surface area contributed by atoms with Crippen molar-refractivity contribution in [3.8, 4) is 0 Å². The minimum atomic E-state index is -2.05. The lowest BCUT2D eigenvalue weighted by molar-refractivity contribution is -0.155. The summed E-state index contributed by atoms with van der Waals surface area (Å²) >= 11 is 0. The second-order valence-electron chi connectivity index (χ2n) is 6.25. The molecule has 1 fully saturated rings. The first-order valence-corrected chi connectivity index (χ1v) is 8.31. The molecule has 0 amide bonds. The number of rotatable bonds is 5. The molecule has 0 aromatic heterocycles. The Labute approximate surface area is 155 Å². The van der Waals surface area contributed by atoms with Gasteiger partial charge in [-0.1, -0.05) is 36.4 Å². The van der Waals surface area contributed by atoms with Crippen molar-refractivity contribution in [2.45, 2.75) is 24.7 Å². The van der Waals surface area contributed by atoms with Crippen molar-refractivity contribution < 1.29 is 33.7 Å². The summed E-state index contributed by atoms with van der Waals surface area (Å²) in [7, 11) is 0. The Morgan fingerprint density at radius 2 is 1.52 bits per heavy atom. The summed E-state index contributed by atoms with van der Waals surface area (Å²) in [5, 5.41) is 10.4. The fourth-order valence-corrected chi connectivity index (χ4v) is 2.68. The molecule has 140 valence electrons. The molecule has 3 rings (SSSR count). The first kappa shape index (κ1) is 18.6. The van der Waals surface area contributed by atoms with Crippen LogP contribution in [0.2, 0.25) is 0 Å². The Morgan fingerprint density at radius 3 is 2.07 bits per heavy atom. The predicted molar refractivity (Wildman–Crippen MR) is 92.9 cm³/mol. The average molecular weight is 370 g/mol. The number of hydrogen-bond donors (Lipinski definition) is 1. The Balaban J connectivity index is 1.70. The molecule has 7 heteroatoms. The standard InChI is InChI=1S/C20H18O7/c1-20(24)16(27-18(22)14-10-6-3-7-11-14)15(26-19(20)23)12-25-17(21)13-8-4-2-5-9-13/h2-11,15-16,24H,12H2,1H3/t15-,16-,20-/m1/s1. The lowest BCUT2D eigenvalue weighted by Crippen LogP contribution is -2.47. The van der Waals surface area contributed by atoms with E-state index in [0.29, 0.717) is 5.56 Å². The molecule has 0 saturated carbocycles. The summed E-state index contributed by atoms with van der Waals surface area (Å²) < 4.78 is 15.5. The van der Waals surface area contributed by atoms with Gasteiger partial charge in [0.25, 0.3) is 0 Å². The van der Waals surface area contributed by atoms with Gasteiger partial charge in [0.2, 0.25) is 0 Å². The molecule has 27 heavy (non-hydrogen) atoms. The third-order valence-electron chi connectivity index (χ3n) is 4.20. The maximum Gasteiger partial charge on any atom is 0.342 e. The van der Waals surface area contributed by atoms with Gasteiger partial charge in [-0.15, -0.1) is 0 Å². The third-order valence-corrected chi connectivity index (χ3v) is 4.20. The molecule has 0 bridgehead atoms. The van der Waals surface area contributed by atoms with E-state index in [1.807, 2.05) is 0 Å². The number of benzene rings is 2. The monoisotopic (exact) mass is 370 g/mol. The second kappa shape index (κ2) is 7.59. The zero-order chi connectivity index (χ0) is 19.4. The van der Waals surface area contributed by atoms with E-state index in [1.54, 1.807) is 60.7 Å². The quantitative estimate of drug-likeness (QED) is 0.632. The molecular weight excluding hydrogens is 352 g/mol. The molecule has 7 nitrogen and oxygen atoms in total. The maximum absolute atomic E-state index is 12.3. The van der Waals surface area contributed by atoms with Gasteiger partial charge in [-0.2, -0.15) is 0 Å². The van der Waals surface area contributed by atoms with Gasteiger partial charge in [0.15, 0.2) is 17.8 Å². The summed E-state index contributed by atoms with van der Waals surface area (Å²) in [6.07, 6.45) is -2.44. The number of hydrogen-bond acceptors (Lipinski definition) is 7. The van der Waals surface area contributed by atoms with Gasteiger partial charge in [0.05, 0.1) is 11.1 Å². The van der Waals surface area contributed by atoms with Crippen LogP contribution in [0, 0.1) is 0 Å². The van der Waals surface area contributed by atoms with Crippen molar-refractivity contribution in [2.75, 3.05) is 6.61 Å². The van der Waals surface area contributed by atoms with Crippen molar-refractivity contribution in [3.05, 3.63) is 71.8 Å². The zero-order valence-corrected chi connectivity index (χ0v) is 14.5. The van der Waals surface area contributed by atoms with E-state index in [2.05, 4.69) is 0 Å². The predicted octanol–water partition coefficient (Wildman–Crippen LogP) is 1.75. The van der Waals surface area contributed by atoms with Gasteiger partial charge in [-0.25, -0.2) is 14.4 Å². The van der Waals surface area contributed by atoms with E-state index >= 15 is 0 Å². The van der Waals surface area contributed by atoms with Crippen molar-refractivity contribution in [1.29, 1.82) is 0 Å². The van der Waals surface area contributed by atoms with Gasteiger partial charge in [0.1, 0.15) is 6.61 Å². The van der Waals surface area contributed by atoms with Crippen LogP contribution in [0.3, 0.4) is 0 Å². The van der Waals surface area contributed by atoms with E-state index < -0.39 is 35.7 Å². The molecule has 2 aromatic carbocycles. The molecule has 1 aliphatic heterocycles. The lowest BCUT2D eigenvalue weighted by Gasteiger charge is -2.24. The fourth-order valence-electron chi connectivity index (χ4n) is 2.68. The Kier molecular flexibility index (Phi) is 5.23. The molecule has 1 saturated heterocycles. The number of ether oxygens (including phenoxy) is 3. The van der Waals surface area contributed by atoms with E-state index in [9.17, 15) is 19.5 Å². The highest BCUT2D eigenvalue weighted by molar-refractivity contribution is 5.91. The lowest BCUT2D eigenvalue weighted by atomic mass is 9.98. The van der Waals surface area contributed by atoms with Crippen LogP contribution in [0.1, 0.15) is 27.6 Å². The van der Waals surface area contributed by atoms with Crippen molar-refractivity contribution in [2.24, 2.45) is 0 Å². The summed E-state index contributed by atoms with van der Waals surface area (Å²) in [6, 6.07) is 16.4. The normalized spacial score (nSPS) is 24.1. The number of esters is 3. The molecule has 0 unspecified atom stereocenters. The highest BCUT2D eigenvalue weighted by Crippen LogP contribution is 2.30. The van der Waals surface area contributed by atoms with Crippen molar-refractivity contribution in [1.82, 2.24) is 0 Å². The molecule has 0 aliphatic carbocycles. The number of carbonyl (C=O) groups excluding carboxylic acids is 3. The second-order valence-corrected chi connectivity index (χ2v) is 6.25. The van der Waals surface area contributed by atoms with E-state index in [1.165, 1.54) is 6.92 Å². The van der Waals surface area contributed by atoms with E-state index in [4.69, 9.17) is 14.2 Å². The first-order valence-electron chi connectivity index (χ1n) is 8.31. The van der Waals surface area contributed by atoms with Crippen LogP contribution >= 0.6 is 0 Å². The van der Waals surface area contributed by atoms with Crippen LogP contribution in [0.15, 0.2) is 60.7 Å². The molecular formula is C20H18O7. The van der Waals surface area contributed by atoms with E-state index in [0.717, 1.165) is 0 Å². The number of aliphatic hydroxyl groups is 1. The topological polar surface area (TPSA) is 99.1 Å². The molecule has 0 spiro atoms. The zero-order valence-electron chi connectivity index (χ0n) is 14.5. The SMILES string of the molecule is C[C@]1(O)C(=O)O[C@H](COC(=O)c2ccccc2)[C@H]1OC(=O)c1ccccc1. The van der Waals surface area contributed by atoms with Crippen molar-refractivity contribution in [3.63, 3.8) is 0 Å². The molecule has 0 radical (unpaired) electrons. The summed E-state index contributed by atoms with van der Waals surface area (Å²) in [4.78, 5) is 36.3. The summed E-state index contributed by atoms with van der Waals surface area (Å²) in [5.74, 6) is -2.29. The van der Waals surface area contributed by atoms with Gasteiger partial charge < -0.3 is 19.3 Å². The van der Waals surface area contributed by atoms with Crippen LogP contribution in [0.5, 0.6) is 0 Å². The summed E-state index contributed by atoms with van der Waals surface area (Å²) in [6.45, 7) is 0.833. The smallest absolute Gasteiger partial charge is 0.342 e. The highest BCUT2D eigenvalue weighted by atomic mass is 16.6. The Morgan fingerprint density at radius 1 is 1.00 bits per heavy atom. The van der Waals surface area contributed by atoms with Crippen LogP contribution in [-0.4, -0.2) is 47.4 Å².